The highest BCUT2D eigenvalue weighted by atomic mass is 79.9. The first-order valence-corrected chi connectivity index (χ1v) is 5.04. The second kappa shape index (κ2) is 5.89. The van der Waals surface area contributed by atoms with E-state index in [1.54, 1.807) is 6.20 Å². The van der Waals surface area contributed by atoms with Crippen LogP contribution in [0.2, 0.25) is 0 Å². The lowest BCUT2D eigenvalue weighted by Crippen LogP contribution is -2.05. The topological polar surface area (TPSA) is 24.9 Å². The Hall–Kier alpha value is -0.670. The maximum atomic E-state index is 4.07. The SMILES string of the molecule is CNCC/C=C/c1cncc(Br)c1. The minimum absolute atomic E-state index is 1.01. The van der Waals surface area contributed by atoms with Crippen molar-refractivity contribution in [2.75, 3.05) is 13.6 Å². The van der Waals surface area contributed by atoms with E-state index in [9.17, 15) is 0 Å². The predicted molar refractivity (Wildman–Crippen MR) is 59.5 cm³/mol. The third-order valence-electron chi connectivity index (χ3n) is 1.60. The van der Waals surface area contributed by atoms with Crippen LogP contribution in [0.15, 0.2) is 29.0 Å². The average Bonchev–Trinajstić information content (AvgIpc) is 2.13. The zero-order valence-electron chi connectivity index (χ0n) is 7.63. The van der Waals surface area contributed by atoms with E-state index < -0.39 is 0 Å². The number of hydrogen-bond acceptors (Lipinski definition) is 2. The Morgan fingerprint density at radius 3 is 3.08 bits per heavy atom. The van der Waals surface area contributed by atoms with Crippen molar-refractivity contribution >= 4 is 22.0 Å². The Balaban J connectivity index is 2.48. The molecule has 0 aliphatic carbocycles. The third kappa shape index (κ3) is 4.20. The fourth-order valence-corrected chi connectivity index (χ4v) is 1.35. The van der Waals surface area contributed by atoms with Crippen LogP contribution in [0.3, 0.4) is 0 Å². The molecule has 1 rings (SSSR count). The first-order chi connectivity index (χ1) is 6.33. The first kappa shape index (κ1) is 10.4. The lowest BCUT2D eigenvalue weighted by Gasteiger charge is -1.94. The summed E-state index contributed by atoms with van der Waals surface area (Å²) >= 11 is 3.38. The molecule has 0 unspecified atom stereocenters. The minimum Gasteiger partial charge on any atom is -0.319 e. The van der Waals surface area contributed by atoms with E-state index in [-0.39, 0.29) is 0 Å². The van der Waals surface area contributed by atoms with Crippen LogP contribution in [0.5, 0.6) is 0 Å². The summed E-state index contributed by atoms with van der Waals surface area (Å²) in [6.07, 6.45) is 8.89. The zero-order valence-corrected chi connectivity index (χ0v) is 9.21. The molecule has 1 heterocycles. The van der Waals surface area contributed by atoms with Gasteiger partial charge in [0.1, 0.15) is 0 Å². The van der Waals surface area contributed by atoms with Gasteiger partial charge in [0, 0.05) is 16.9 Å². The van der Waals surface area contributed by atoms with Gasteiger partial charge in [-0.25, -0.2) is 0 Å². The molecule has 1 N–H and O–H groups in total. The number of rotatable bonds is 4. The van der Waals surface area contributed by atoms with Gasteiger partial charge < -0.3 is 5.32 Å². The number of halogens is 1. The first-order valence-electron chi connectivity index (χ1n) is 4.24. The molecule has 0 aromatic carbocycles. The molecular formula is C10H13BrN2. The summed E-state index contributed by atoms with van der Waals surface area (Å²) in [4.78, 5) is 4.07. The molecular weight excluding hydrogens is 228 g/mol. The number of nitrogens with one attached hydrogen (secondary N) is 1. The summed E-state index contributed by atoms with van der Waals surface area (Å²) in [6.45, 7) is 1.01. The number of pyridine rings is 1. The third-order valence-corrected chi connectivity index (χ3v) is 2.03. The lowest BCUT2D eigenvalue weighted by molar-refractivity contribution is 0.809. The summed E-state index contributed by atoms with van der Waals surface area (Å²) in [7, 11) is 1.95. The molecule has 0 spiro atoms. The van der Waals surface area contributed by atoms with Crippen molar-refractivity contribution in [1.82, 2.24) is 10.3 Å². The van der Waals surface area contributed by atoms with Crippen molar-refractivity contribution in [3.8, 4) is 0 Å². The second-order valence-corrected chi connectivity index (χ2v) is 3.65. The van der Waals surface area contributed by atoms with Gasteiger partial charge >= 0.3 is 0 Å². The van der Waals surface area contributed by atoms with Gasteiger partial charge in [-0.3, -0.25) is 4.98 Å². The predicted octanol–water partition coefficient (Wildman–Crippen LogP) is 2.47. The van der Waals surface area contributed by atoms with Crippen molar-refractivity contribution < 1.29 is 0 Å². The Morgan fingerprint density at radius 2 is 2.38 bits per heavy atom. The molecule has 0 saturated carbocycles. The molecule has 0 bridgehead atoms. The van der Waals surface area contributed by atoms with E-state index in [4.69, 9.17) is 0 Å². The number of nitrogens with zero attached hydrogens (tertiary/aromatic N) is 1. The molecule has 0 saturated heterocycles. The Bertz CT molecular complexity index is 284. The van der Waals surface area contributed by atoms with Crippen LogP contribution in [0.25, 0.3) is 6.08 Å². The van der Waals surface area contributed by atoms with Crippen LogP contribution >= 0.6 is 15.9 Å². The largest absolute Gasteiger partial charge is 0.319 e. The highest BCUT2D eigenvalue weighted by Gasteiger charge is 1.88. The van der Waals surface area contributed by atoms with Gasteiger partial charge in [0.2, 0.25) is 0 Å². The second-order valence-electron chi connectivity index (χ2n) is 2.73. The summed E-state index contributed by atoms with van der Waals surface area (Å²) in [5.74, 6) is 0. The summed E-state index contributed by atoms with van der Waals surface area (Å²) in [6, 6.07) is 2.04. The zero-order chi connectivity index (χ0) is 9.52. The van der Waals surface area contributed by atoms with Crippen LogP contribution in [-0.2, 0) is 0 Å². The fourth-order valence-electron chi connectivity index (χ4n) is 0.967. The van der Waals surface area contributed by atoms with Crippen LogP contribution in [0, 0.1) is 0 Å². The summed E-state index contributed by atoms with van der Waals surface area (Å²) in [5.41, 5.74) is 1.13. The van der Waals surface area contributed by atoms with Crippen molar-refractivity contribution in [1.29, 1.82) is 0 Å². The highest BCUT2D eigenvalue weighted by molar-refractivity contribution is 9.10. The van der Waals surface area contributed by atoms with E-state index >= 15 is 0 Å². The van der Waals surface area contributed by atoms with Crippen LogP contribution < -0.4 is 5.32 Å². The van der Waals surface area contributed by atoms with Gasteiger partial charge in [-0.05, 0) is 47.6 Å². The number of hydrogen-bond donors (Lipinski definition) is 1. The molecule has 0 atom stereocenters. The smallest absolute Gasteiger partial charge is 0.0410 e. The molecule has 0 radical (unpaired) electrons. The van der Waals surface area contributed by atoms with E-state index in [1.165, 1.54) is 0 Å². The average molecular weight is 241 g/mol. The molecule has 70 valence electrons. The Kier molecular flexibility index (Phi) is 4.72. The quantitative estimate of drug-likeness (QED) is 0.819. The van der Waals surface area contributed by atoms with Crippen molar-refractivity contribution in [3.63, 3.8) is 0 Å². The van der Waals surface area contributed by atoms with E-state index in [1.807, 2.05) is 19.3 Å². The van der Waals surface area contributed by atoms with E-state index in [0.29, 0.717) is 0 Å². The van der Waals surface area contributed by atoms with E-state index in [2.05, 4.69) is 38.4 Å². The molecule has 2 nitrogen and oxygen atoms in total. The fraction of sp³-hybridized carbons (Fsp3) is 0.300. The maximum Gasteiger partial charge on any atom is 0.0410 e. The highest BCUT2D eigenvalue weighted by Crippen LogP contribution is 2.10. The van der Waals surface area contributed by atoms with Crippen LogP contribution in [0.1, 0.15) is 12.0 Å². The summed E-state index contributed by atoms with van der Waals surface area (Å²) < 4.78 is 1.02. The van der Waals surface area contributed by atoms with Crippen molar-refractivity contribution in [2.24, 2.45) is 0 Å². The molecule has 0 aliphatic heterocycles. The van der Waals surface area contributed by atoms with Crippen molar-refractivity contribution in [2.45, 2.75) is 6.42 Å². The molecule has 3 heteroatoms. The standard InChI is InChI=1S/C10H13BrN2/c1-12-5-3-2-4-9-6-10(11)8-13-7-9/h2,4,6-8,12H,3,5H2,1H3/b4-2+. The normalized spacial score (nSPS) is 10.9. The van der Waals surface area contributed by atoms with Gasteiger partial charge in [0.25, 0.3) is 0 Å². The van der Waals surface area contributed by atoms with Gasteiger partial charge in [-0.15, -0.1) is 0 Å². The number of aromatic nitrogens is 1. The minimum atomic E-state index is 1.01. The van der Waals surface area contributed by atoms with Crippen LogP contribution in [0.4, 0.5) is 0 Å². The Morgan fingerprint density at radius 1 is 1.54 bits per heavy atom. The van der Waals surface area contributed by atoms with E-state index in [0.717, 1.165) is 23.0 Å². The molecule has 0 aliphatic rings. The van der Waals surface area contributed by atoms with Gasteiger partial charge in [-0.2, -0.15) is 0 Å². The van der Waals surface area contributed by atoms with Crippen LogP contribution in [-0.4, -0.2) is 18.6 Å². The molecule has 1 aromatic rings. The van der Waals surface area contributed by atoms with Gasteiger partial charge in [0.15, 0.2) is 0 Å². The van der Waals surface area contributed by atoms with Gasteiger partial charge in [-0.1, -0.05) is 12.2 Å². The van der Waals surface area contributed by atoms with Crippen molar-refractivity contribution in [3.05, 3.63) is 34.6 Å². The molecule has 0 amide bonds. The maximum absolute atomic E-state index is 4.07. The van der Waals surface area contributed by atoms with Gasteiger partial charge in [0.05, 0.1) is 0 Å². The molecule has 13 heavy (non-hydrogen) atoms. The monoisotopic (exact) mass is 240 g/mol. The summed E-state index contributed by atoms with van der Waals surface area (Å²) in [5, 5.41) is 3.09. The molecule has 1 aromatic heterocycles. The Labute approximate surface area is 87.2 Å². The lowest BCUT2D eigenvalue weighted by atomic mass is 10.2. The molecule has 0 fully saturated rings.